The van der Waals surface area contributed by atoms with E-state index < -0.39 is 0 Å². The number of hydrogen-bond donors (Lipinski definition) is 0. The molecule has 0 atom stereocenters. The van der Waals surface area contributed by atoms with Crippen molar-refractivity contribution in [3.8, 4) is 5.75 Å². The zero-order valence-corrected chi connectivity index (χ0v) is 12.8. The number of ether oxygens (including phenoxy) is 1. The second-order valence-electron chi connectivity index (χ2n) is 5.84. The van der Waals surface area contributed by atoms with Gasteiger partial charge in [0.1, 0.15) is 5.75 Å². The summed E-state index contributed by atoms with van der Waals surface area (Å²) in [4.78, 5) is 15.2. The van der Waals surface area contributed by atoms with E-state index in [0.29, 0.717) is 0 Å². The van der Waals surface area contributed by atoms with Crippen LogP contribution in [0.25, 0.3) is 0 Å². The normalized spacial score (nSPS) is 16.8. The minimum Gasteiger partial charge on any atom is -0.493 e. The highest BCUT2D eigenvalue weighted by Gasteiger charge is 2.23. The van der Waals surface area contributed by atoms with Crippen molar-refractivity contribution < 1.29 is 9.53 Å². The average molecular weight is 298 g/mol. The Bertz CT molecular complexity index is 676. The van der Waals surface area contributed by atoms with Crippen molar-refractivity contribution in [1.82, 2.24) is 0 Å². The summed E-state index contributed by atoms with van der Waals surface area (Å²) >= 11 is 1.68. The Hall–Kier alpha value is -1.61. The van der Waals surface area contributed by atoms with Crippen LogP contribution in [0.4, 0.5) is 0 Å². The summed E-state index contributed by atoms with van der Waals surface area (Å²) in [5, 5.41) is 0. The molecule has 2 nitrogen and oxygen atoms in total. The highest BCUT2D eigenvalue weighted by atomic mass is 32.1. The zero-order chi connectivity index (χ0) is 14.2. The highest BCUT2D eigenvalue weighted by molar-refractivity contribution is 7.14. The summed E-state index contributed by atoms with van der Waals surface area (Å²) in [5.74, 6) is 0.952. The first kappa shape index (κ1) is 13.1. The summed E-state index contributed by atoms with van der Waals surface area (Å²) in [6, 6.07) is 8.08. The maximum absolute atomic E-state index is 12.9. The van der Waals surface area contributed by atoms with Crippen molar-refractivity contribution in [3.63, 3.8) is 0 Å². The minimum absolute atomic E-state index is 0.133. The van der Waals surface area contributed by atoms with E-state index in [4.69, 9.17) is 4.74 Å². The smallest absolute Gasteiger partial charge is 0.206 e. The highest BCUT2D eigenvalue weighted by Crippen LogP contribution is 2.34. The topological polar surface area (TPSA) is 26.3 Å². The van der Waals surface area contributed by atoms with Gasteiger partial charge in [-0.1, -0.05) is 12.1 Å². The molecule has 2 aliphatic rings. The number of benzene rings is 1. The van der Waals surface area contributed by atoms with Crippen molar-refractivity contribution in [1.29, 1.82) is 0 Å². The molecule has 4 rings (SSSR count). The predicted octanol–water partition coefficient (Wildman–Crippen LogP) is 4.18. The van der Waals surface area contributed by atoms with Crippen LogP contribution in [-0.4, -0.2) is 12.4 Å². The van der Waals surface area contributed by atoms with E-state index in [2.05, 4.69) is 12.1 Å². The van der Waals surface area contributed by atoms with Gasteiger partial charge in [0, 0.05) is 4.88 Å². The second-order valence-corrected chi connectivity index (χ2v) is 6.98. The number of aryl methyl sites for hydroxylation is 3. The molecule has 1 aliphatic heterocycles. The van der Waals surface area contributed by atoms with Crippen LogP contribution in [0.5, 0.6) is 5.75 Å². The number of fused-ring (bicyclic) bond motifs is 2. The van der Waals surface area contributed by atoms with Crippen LogP contribution in [0, 0.1) is 0 Å². The third-order valence-corrected chi connectivity index (χ3v) is 5.63. The molecule has 0 unspecified atom stereocenters. The molecule has 1 aliphatic carbocycles. The minimum atomic E-state index is 0.133. The molecule has 2 heterocycles. The fourth-order valence-corrected chi connectivity index (χ4v) is 4.51. The Balaban J connectivity index is 1.73. The number of para-hydroxylation sites is 1. The molecule has 3 heteroatoms. The zero-order valence-electron chi connectivity index (χ0n) is 12.0. The van der Waals surface area contributed by atoms with Gasteiger partial charge < -0.3 is 4.74 Å². The number of ketones is 1. The van der Waals surface area contributed by atoms with Gasteiger partial charge in [0.15, 0.2) is 0 Å². The summed E-state index contributed by atoms with van der Waals surface area (Å²) in [5.41, 5.74) is 3.31. The summed E-state index contributed by atoms with van der Waals surface area (Å²) in [7, 11) is 0. The predicted molar refractivity (Wildman–Crippen MR) is 84.7 cm³/mol. The number of hydrogen-bond acceptors (Lipinski definition) is 3. The van der Waals surface area contributed by atoms with E-state index in [1.54, 1.807) is 11.3 Å². The van der Waals surface area contributed by atoms with Crippen LogP contribution in [0.3, 0.4) is 0 Å². The van der Waals surface area contributed by atoms with Crippen LogP contribution < -0.4 is 4.74 Å². The first-order chi connectivity index (χ1) is 10.3. The Morgan fingerprint density at radius 3 is 2.81 bits per heavy atom. The van der Waals surface area contributed by atoms with E-state index in [1.165, 1.54) is 28.8 Å². The van der Waals surface area contributed by atoms with Gasteiger partial charge in [0.05, 0.1) is 17.0 Å². The average Bonchev–Trinajstić information content (AvgIpc) is 2.97. The van der Waals surface area contributed by atoms with Crippen LogP contribution in [0.2, 0.25) is 0 Å². The Morgan fingerprint density at radius 2 is 1.90 bits per heavy atom. The molecule has 0 saturated carbocycles. The van der Waals surface area contributed by atoms with Crippen LogP contribution >= 0.6 is 11.3 Å². The molecule has 0 radical (unpaired) electrons. The van der Waals surface area contributed by atoms with E-state index in [1.807, 2.05) is 12.1 Å². The van der Waals surface area contributed by atoms with E-state index in [9.17, 15) is 4.79 Å². The lowest BCUT2D eigenvalue weighted by Gasteiger charge is -2.19. The molecule has 108 valence electrons. The molecule has 0 amide bonds. The van der Waals surface area contributed by atoms with Crippen molar-refractivity contribution >= 4 is 17.1 Å². The standard InChI is InChI=1S/C18H18O2S/c19-17(16-11-13-5-1-2-9-15(13)21-16)14-8-3-6-12-7-4-10-20-18(12)14/h3,6,8,11H,1-2,4-5,7,9-10H2. The molecule has 2 aromatic rings. The molecular formula is C18H18O2S. The van der Waals surface area contributed by atoms with Gasteiger partial charge in [-0.05, 0) is 61.8 Å². The maximum atomic E-state index is 12.9. The molecule has 0 spiro atoms. The molecule has 1 aromatic carbocycles. The van der Waals surface area contributed by atoms with Gasteiger partial charge in [-0.25, -0.2) is 0 Å². The quantitative estimate of drug-likeness (QED) is 0.777. The maximum Gasteiger partial charge on any atom is 0.206 e. The second kappa shape index (κ2) is 5.30. The lowest BCUT2D eigenvalue weighted by Crippen LogP contribution is -2.12. The Morgan fingerprint density at radius 1 is 1.05 bits per heavy atom. The summed E-state index contributed by atoms with van der Waals surface area (Å²) in [6.45, 7) is 0.720. The number of carbonyl (C=O) groups is 1. The van der Waals surface area contributed by atoms with E-state index in [-0.39, 0.29) is 5.78 Å². The van der Waals surface area contributed by atoms with Crippen LogP contribution in [0.15, 0.2) is 24.3 Å². The molecule has 0 saturated heterocycles. The number of thiophene rings is 1. The van der Waals surface area contributed by atoms with Crippen molar-refractivity contribution in [2.75, 3.05) is 6.61 Å². The van der Waals surface area contributed by atoms with Gasteiger partial charge in [-0.2, -0.15) is 0 Å². The fraction of sp³-hybridized carbons (Fsp3) is 0.389. The lowest BCUT2D eigenvalue weighted by molar-refractivity contribution is 0.103. The van der Waals surface area contributed by atoms with Crippen molar-refractivity contribution in [2.24, 2.45) is 0 Å². The fourth-order valence-electron chi connectivity index (χ4n) is 3.30. The molecule has 0 bridgehead atoms. The molecule has 0 N–H and O–H groups in total. The van der Waals surface area contributed by atoms with Crippen LogP contribution in [-0.2, 0) is 19.3 Å². The molecule has 21 heavy (non-hydrogen) atoms. The molecular weight excluding hydrogens is 280 g/mol. The third kappa shape index (κ3) is 2.30. The summed E-state index contributed by atoms with van der Waals surface area (Å²) < 4.78 is 5.78. The first-order valence-electron chi connectivity index (χ1n) is 7.74. The van der Waals surface area contributed by atoms with E-state index in [0.717, 1.165) is 48.5 Å². The van der Waals surface area contributed by atoms with E-state index >= 15 is 0 Å². The Labute approximate surface area is 128 Å². The van der Waals surface area contributed by atoms with Crippen LogP contribution in [0.1, 0.15) is 50.5 Å². The van der Waals surface area contributed by atoms with Crippen molar-refractivity contribution in [3.05, 3.63) is 50.7 Å². The largest absolute Gasteiger partial charge is 0.493 e. The third-order valence-electron chi connectivity index (χ3n) is 4.40. The lowest BCUT2D eigenvalue weighted by atomic mass is 9.97. The van der Waals surface area contributed by atoms with Gasteiger partial charge in [-0.15, -0.1) is 11.3 Å². The summed E-state index contributed by atoms with van der Waals surface area (Å²) in [6.07, 6.45) is 6.82. The molecule has 1 aromatic heterocycles. The first-order valence-corrected chi connectivity index (χ1v) is 8.55. The van der Waals surface area contributed by atoms with Gasteiger partial charge in [-0.3, -0.25) is 4.79 Å². The Kier molecular flexibility index (Phi) is 3.30. The monoisotopic (exact) mass is 298 g/mol. The van der Waals surface area contributed by atoms with Crippen molar-refractivity contribution in [2.45, 2.75) is 38.5 Å². The van der Waals surface area contributed by atoms with Gasteiger partial charge in [0.25, 0.3) is 0 Å². The van der Waals surface area contributed by atoms with Gasteiger partial charge >= 0.3 is 0 Å². The number of carbonyl (C=O) groups excluding carboxylic acids is 1. The molecule has 0 fully saturated rings. The SMILES string of the molecule is O=C(c1cc2c(s1)CCCC2)c1cccc2c1OCCC2. The number of rotatable bonds is 2. The van der Waals surface area contributed by atoms with Gasteiger partial charge in [0.2, 0.25) is 5.78 Å².